The first-order valence-electron chi connectivity index (χ1n) is 37.8. The third-order valence-corrected chi connectivity index (χ3v) is 17.4. The van der Waals surface area contributed by atoms with Crippen molar-refractivity contribution in [2.24, 2.45) is 24.8 Å². The molecule has 1 aromatic heterocycles. The Bertz CT molecular complexity index is 3280. The molecular weight excluding hydrogens is 1150 g/mol. The number of pyridine rings is 1. The molecule has 95 heavy (non-hydrogen) atoms. The number of fused-ring (bicyclic) bond motifs is 5. The highest BCUT2D eigenvalue weighted by Crippen LogP contribution is 2.46. The molecular formula is C88H136B2N5+5. The van der Waals surface area contributed by atoms with Gasteiger partial charge in [-0.2, -0.15) is 0 Å². The van der Waals surface area contributed by atoms with E-state index in [4.69, 9.17) is 0 Å². The second-order valence-electron chi connectivity index (χ2n) is 22.9. The second-order valence-corrected chi connectivity index (χ2v) is 22.9. The topological polar surface area (TPSA) is 15.9 Å². The summed E-state index contributed by atoms with van der Waals surface area (Å²) in [6.07, 6.45) is 24.8. The zero-order valence-electron chi connectivity index (χ0n) is 66.2. The van der Waals surface area contributed by atoms with Crippen LogP contribution in [0, 0.1) is 52.4 Å². The number of allylic oxidation sites excluding steroid dienone is 3. The summed E-state index contributed by atoms with van der Waals surface area (Å²) in [6, 6.07) is 46.4. The third-order valence-electron chi connectivity index (χ3n) is 17.4. The standard InChI is InChI=1S/C14H14N.2C14H16N.2C13H15BN.10C2H6/c1-10-5-3-4-6-13(10)14-8-11-7-12(11)9-15(14)2;1-10-5-3-4-6-12(10)14-13-9-11(13)7-8-15(14)2;1-10-5-3-4-6-12(10)13-8-7-11-9-14(11)15(13)2;1-10-5-3-4-6-12(10)13-14-9-11(14)7-8-15(13)2;1-10-5-3-4-6-11(10)13-12-9-14(12)7-8-15(13)2;10*1-2/h3-6,8-9H,7H2,1-2H3;3-8,11,13H,9H2,1-2H3;3-8,11,14H,9H2,1-2H3;3-8,11H,9H2,1-2H3;3-8,12H,9H2,1-2H3;10*1-2H3/q5*+1;;;;;;;;;;. The molecule has 0 amide bonds. The number of nitrogens with zero attached hydrogens (tertiary/aromatic N) is 5. The van der Waals surface area contributed by atoms with Gasteiger partial charge in [0.05, 0.1) is 5.92 Å². The number of benzene rings is 5. The van der Waals surface area contributed by atoms with Gasteiger partial charge in [0.15, 0.2) is 49.0 Å². The second kappa shape index (κ2) is 46.2. The van der Waals surface area contributed by atoms with Crippen LogP contribution in [0.25, 0.3) is 11.3 Å². The van der Waals surface area contributed by atoms with Crippen LogP contribution in [-0.2, 0) is 13.5 Å². The van der Waals surface area contributed by atoms with E-state index in [-0.39, 0.29) is 0 Å². The Morgan fingerprint density at radius 3 is 1.33 bits per heavy atom. The van der Waals surface area contributed by atoms with Crippen LogP contribution in [0.2, 0.25) is 24.3 Å². The average molecular weight is 1290 g/mol. The fraction of sp³-hybridized carbons (Fsp3) is 0.466. The minimum absolute atomic E-state index is 0.768. The number of hydrogen-bond donors (Lipinski definition) is 0. The van der Waals surface area contributed by atoms with Crippen molar-refractivity contribution in [3.8, 4) is 11.3 Å². The van der Waals surface area contributed by atoms with Gasteiger partial charge in [0.1, 0.15) is 40.8 Å². The normalized spacial score (nSPS) is 18.7. The van der Waals surface area contributed by atoms with Crippen molar-refractivity contribution < 1.29 is 22.9 Å². The van der Waals surface area contributed by atoms with Gasteiger partial charge in [0, 0.05) is 70.1 Å². The van der Waals surface area contributed by atoms with Crippen molar-refractivity contribution in [2.45, 2.75) is 223 Å². The van der Waals surface area contributed by atoms with Gasteiger partial charge in [-0.3, -0.25) is 0 Å². The Morgan fingerprint density at radius 2 is 0.832 bits per heavy atom. The van der Waals surface area contributed by atoms with Crippen molar-refractivity contribution in [3.63, 3.8) is 0 Å². The van der Waals surface area contributed by atoms with Crippen molar-refractivity contribution in [1.82, 2.24) is 0 Å². The van der Waals surface area contributed by atoms with E-state index in [1.807, 2.05) is 138 Å². The van der Waals surface area contributed by atoms with Crippen LogP contribution < -0.4 is 4.57 Å². The van der Waals surface area contributed by atoms with Gasteiger partial charge in [-0.25, -0.2) is 22.9 Å². The number of hydrogen-bond acceptors (Lipinski definition) is 0. The molecule has 9 aliphatic rings. The summed E-state index contributed by atoms with van der Waals surface area (Å²) in [4.78, 5) is 0. The Hall–Kier alpha value is -6.98. The molecule has 15 rings (SSSR count). The lowest BCUT2D eigenvalue weighted by Crippen LogP contribution is -2.30. The van der Waals surface area contributed by atoms with Crippen LogP contribution in [0.5, 0.6) is 0 Å². The highest BCUT2D eigenvalue weighted by Gasteiger charge is 2.52. The first-order chi connectivity index (χ1) is 46.3. The van der Waals surface area contributed by atoms with Crippen molar-refractivity contribution >= 4 is 36.2 Å². The molecule has 5 aromatic carbocycles. The van der Waals surface area contributed by atoms with Crippen LogP contribution >= 0.6 is 0 Å². The molecule has 4 fully saturated rings. The maximum atomic E-state index is 2.44. The van der Waals surface area contributed by atoms with Crippen LogP contribution in [0.4, 0.5) is 0 Å². The van der Waals surface area contributed by atoms with Crippen LogP contribution in [0.3, 0.4) is 0 Å². The Morgan fingerprint density at radius 1 is 0.400 bits per heavy atom. The van der Waals surface area contributed by atoms with Gasteiger partial charge >= 0.3 is 0 Å². The fourth-order valence-corrected chi connectivity index (χ4v) is 12.4. The smallest absolute Gasteiger partial charge is 0.229 e. The number of rotatable bonds is 5. The van der Waals surface area contributed by atoms with Crippen LogP contribution in [0.1, 0.15) is 213 Å². The first-order valence-corrected chi connectivity index (χ1v) is 37.8. The Balaban J connectivity index is 0.000000556. The molecule has 0 radical (unpaired) electrons. The summed E-state index contributed by atoms with van der Waals surface area (Å²) in [7, 11) is 10.8. The van der Waals surface area contributed by atoms with E-state index >= 15 is 0 Å². The Kier molecular flexibility index (Phi) is 41.9. The lowest BCUT2D eigenvalue weighted by molar-refractivity contribution is -0.660. The third kappa shape index (κ3) is 24.0. The van der Waals surface area contributed by atoms with Gasteiger partial charge < -0.3 is 0 Å². The monoisotopic (exact) mass is 1290 g/mol. The average Bonchev–Trinajstić information content (AvgIpc) is 1.66. The highest BCUT2D eigenvalue weighted by atomic mass is 15.1. The van der Waals surface area contributed by atoms with E-state index in [1.54, 1.807) is 0 Å². The van der Waals surface area contributed by atoms with Crippen molar-refractivity contribution in [1.29, 1.82) is 0 Å². The molecule has 6 unspecified atom stereocenters. The molecule has 6 atom stereocenters. The summed E-state index contributed by atoms with van der Waals surface area (Å²) in [5.41, 5.74) is 24.1. The molecule has 7 heteroatoms. The quantitative estimate of drug-likeness (QED) is 0.121. The lowest BCUT2D eigenvalue weighted by Gasteiger charge is -2.09. The van der Waals surface area contributed by atoms with E-state index in [0.717, 1.165) is 48.9 Å². The van der Waals surface area contributed by atoms with Crippen molar-refractivity contribution in [2.75, 3.05) is 28.2 Å². The molecule has 5 nitrogen and oxygen atoms in total. The van der Waals surface area contributed by atoms with Gasteiger partial charge in [-0.05, 0) is 129 Å². The molecule has 3 aliphatic carbocycles. The fourth-order valence-electron chi connectivity index (χ4n) is 12.4. The van der Waals surface area contributed by atoms with Gasteiger partial charge in [-0.15, -0.1) is 0 Å². The number of aromatic nitrogens is 1. The molecule has 514 valence electrons. The van der Waals surface area contributed by atoms with Gasteiger partial charge in [0.2, 0.25) is 11.4 Å². The zero-order valence-corrected chi connectivity index (χ0v) is 66.2. The number of aryl methyl sites for hydroxylation is 6. The van der Waals surface area contributed by atoms with E-state index in [0.29, 0.717) is 0 Å². The van der Waals surface area contributed by atoms with E-state index in [1.165, 1.54) is 127 Å². The summed E-state index contributed by atoms with van der Waals surface area (Å²) < 4.78 is 11.5. The van der Waals surface area contributed by atoms with E-state index in [2.05, 4.69) is 275 Å². The molecule has 0 N–H and O–H groups in total. The summed E-state index contributed by atoms with van der Waals surface area (Å²) in [5, 5.41) is 0. The molecule has 6 aliphatic heterocycles. The molecule has 0 bridgehead atoms. The predicted octanol–water partition coefficient (Wildman–Crippen LogP) is 22.4. The largest absolute Gasteiger partial charge is 0.268 e. The molecule has 0 spiro atoms. The summed E-state index contributed by atoms with van der Waals surface area (Å²) >= 11 is 0. The van der Waals surface area contributed by atoms with Gasteiger partial charge in [0.25, 0.3) is 6.71 Å². The van der Waals surface area contributed by atoms with E-state index in [9.17, 15) is 0 Å². The van der Waals surface area contributed by atoms with E-state index < -0.39 is 0 Å². The summed E-state index contributed by atoms with van der Waals surface area (Å²) in [5.74, 6) is 6.35. The highest BCUT2D eigenvalue weighted by molar-refractivity contribution is 7.01. The summed E-state index contributed by atoms with van der Waals surface area (Å²) in [6.45, 7) is 52.5. The molecule has 7 heterocycles. The minimum atomic E-state index is 0.768. The minimum Gasteiger partial charge on any atom is -0.229 e. The maximum Gasteiger partial charge on any atom is 0.268 e. The molecule has 2 saturated heterocycles. The molecule has 6 aromatic rings. The molecule has 2 saturated carbocycles. The maximum absolute atomic E-state index is 2.44. The predicted molar refractivity (Wildman–Crippen MR) is 429 cm³/mol. The lowest BCUT2D eigenvalue weighted by atomic mass is 9.58. The SMILES string of the molecule is CC.CC.CC.CC.CC.CC.CC.CC.CC.CC.Cc1ccccc1-c1cc2c(c[n+]1C)C2.Cc1ccccc1C1=[N+](C)C2CC2C=C1.Cc1ccccc1C1=[N+](C)C=CB2CC21.Cc1ccccc1C1=[N+](C)C=CC2CB12.Cc1ccccc1C1=[N+](C)C=CC2CC12. The van der Waals surface area contributed by atoms with Gasteiger partial charge in [-0.1, -0.05) is 254 Å². The zero-order chi connectivity index (χ0) is 72.1. The van der Waals surface area contributed by atoms with Crippen LogP contribution in [-0.4, -0.2) is 88.7 Å². The van der Waals surface area contributed by atoms with Crippen LogP contribution in [0.15, 0.2) is 182 Å². The van der Waals surface area contributed by atoms with Crippen molar-refractivity contribution in [3.05, 3.63) is 244 Å². The first kappa shape index (κ1) is 86.0. The Labute approximate surface area is 586 Å².